The lowest BCUT2D eigenvalue weighted by molar-refractivity contribution is -0.112. The van der Waals surface area contributed by atoms with Crippen molar-refractivity contribution in [3.63, 3.8) is 0 Å². The van der Waals surface area contributed by atoms with E-state index in [-0.39, 0.29) is 11.5 Å². The van der Waals surface area contributed by atoms with Crippen molar-refractivity contribution < 1.29 is 9.90 Å². The zero-order chi connectivity index (χ0) is 9.84. The van der Waals surface area contributed by atoms with Crippen LogP contribution in [0.2, 0.25) is 0 Å². The molecule has 1 aromatic carbocycles. The average Bonchev–Trinajstić information content (AvgIpc) is 2.07. The van der Waals surface area contributed by atoms with E-state index in [1.54, 1.807) is 12.1 Å². The molecule has 0 aliphatic carbocycles. The van der Waals surface area contributed by atoms with Crippen molar-refractivity contribution in [2.24, 2.45) is 0 Å². The molecule has 0 atom stereocenters. The summed E-state index contributed by atoms with van der Waals surface area (Å²) < 4.78 is 0. The molecular formula is C11H12O2. The van der Waals surface area contributed by atoms with E-state index in [9.17, 15) is 9.90 Å². The van der Waals surface area contributed by atoms with Gasteiger partial charge in [0, 0.05) is 5.56 Å². The molecule has 0 radical (unpaired) electrons. The van der Waals surface area contributed by atoms with E-state index in [1.807, 2.05) is 19.1 Å². The molecule has 68 valence electrons. The highest BCUT2D eigenvalue weighted by atomic mass is 16.3. The molecular weight excluding hydrogens is 164 g/mol. The number of hydrogen-bond donors (Lipinski definition) is 1. The van der Waals surface area contributed by atoms with E-state index in [1.165, 1.54) is 13.0 Å². The summed E-state index contributed by atoms with van der Waals surface area (Å²) in [5, 5.41) is 9.55. The second-order valence-corrected chi connectivity index (χ2v) is 2.96. The van der Waals surface area contributed by atoms with Gasteiger partial charge in [0.2, 0.25) is 0 Å². The van der Waals surface area contributed by atoms with Gasteiger partial charge in [-0.05, 0) is 31.6 Å². The molecule has 0 unspecified atom stereocenters. The lowest BCUT2D eigenvalue weighted by Crippen LogP contribution is -1.82. The molecule has 0 spiro atoms. The Balaban J connectivity index is 3.02. The Morgan fingerprint density at radius 2 is 2.15 bits per heavy atom. The smallest absolute Gasteiger partial charge is 0.152 e. The molecule has 2 nitrogen and oxygen atoms in total. The van der Waals surface area contributed by atoms with Crippen molar-refractivity contribution in [2.45, 2.75) is 13.8 Å². The molecule has 0 bridgehead atoms. The lowest BCUT2D eigenvalue weighted by atomic mass is 10.1. The van der Waals surface area contributed by atoms with Gasteiger partial charge in [-0.2, -0.15) is 0 Å². The number of benzene rings is 1. The Bertz CT molecular complexity index is 351. The Labute approximate surface area is 77.5 Å². The molecule has 0 heterocycles. The number of rotatable bonds is 2. The van der Waals surface area contributed by atoms with Gasteiger partial charge in [-0.3, -0.25) is 4.79 Å². The van der Waals surface area contributed by atoms with Crippen molar-refractivity contribution in [1.29, 1.82) is 0 Å². The molecule has 0 aromatic heterocycles. The molecule has 13 heavy (non-hydrogen) atoms. The van der Waals surface area contributed by atoms with Crippen LogP contribution in [0.3, 0.4) is 0 Å². The minimum Gasteiger partial charge on any atom is -0.507 e. The predicted molar refractivity (Wildman–Crippen MR) is 52.6 cm³/mol. The predicted octanol–water partition coefficient (Wildman–Crippen LogP) is 2.30. The molecule has 0 fully saturated rings. The highest BCUT2D eigenvalue weighted by molar-refractivity contribution is 5.91. The Morgan fingerprint density at radius 3 is 2.77 bits per heavy atom. The quantitative estimate of drug-likeness (QED) is 0.702. The van der Waals surface area contributed by atoms with Crippen LogP contribution in [-0.4, -0.2) is 10.9 Å². The van der Waals surface area contributed by atoms with Gasteiger partial charge in [-0.25, -0.2) is 0 Å². The molecule has 0 saturated heterocycles. The summed E-state index contributed by atoms with van der Waals surface area (Å²) in [4.78, 5) is 10.6. The minimum atomic E-state index is -0.0269. The molecule has 0 saturated carbocycles. The van der Waals surface area contributed by atoms with Gasteiger partial charge in [0.15, 0.2) is 5.78 Å². The summed E-state index contributed by atoms with van der Waals surface area (Å²) in [6.07, 6.45) is 3.05. The summed E-state index contributed by atoms with van der Waals surface area (Å²) >= 11 is 0. The second kappa shape index (κ2) is 3.90. The highest BCUT2D eigenvalue weighted by Gasteiger charge is 1.99. The van der Waals surface area contributed by atoms with Crippen LogP contribution in [0.15, 0.2) is 24.3 Å². The molecule has 0 aliphatic heterocycles. The second-order valence-electron chi connectivity index (χ2n) is 2.96. The van der Waals surface area contributed by atoms with E-state index in [0.717, 1.165) is 5.56 Å². The van der Waals surface area contributed by atoms with Gasteiger partial charge in [-0.15, -0.1) is 0 Å². The SMILES string of the molecule is CC(=O)/C=C/c1cccc(C)c1O. The number of allylic oxidation sites excluding steroid dienone is 1. The van der Waals surface area contributed by atoms with Crippen LogP contribution in [0, 0.1) is 6.92 Å². The number of ketones is 1. The van der Waals surface area contributed by atoms with Gasteiger partial charge in [-0.1, -0.05) is 18.2 Å². The van der Waals surface area contributed by atoms with Crippen LogP contribution in [0.25, 0.3) is 6.08 Å². The third-order valence-corrected chi connectivity index (χ3v) is 1.77. The topological polar surface area (TPSA) is 37.3 Å². The van der Waals surface area contributed by atoms with E-state index in [4.69, 9.17) is 0 Å². The minimum absolute atomic E-state index is 0.0269. The zero-order valence-electron chi connectivity index (χ0n) is 7.74. The van der Waals surface area contributed by atoms with Crippen LogP contribution < -0.4 is 0 Å². The number of phenols is 1. The van der Waals surface area contributed by atoms with Crippen molar-refractivity contribution >= 4 is 11.9 Å². The van der Waals surface area contributed by atoms with Crippen LogP contribution in [0.5, 0.6) is 5.75 Å². The molecule has 0 aliphatic rings. The number of para-hydroxylation sites is 1. The first-order valence-corrected chi connectivity index (χ1v) is 4.08. The van der Waals surface area contributed by atoms with E-state index >= 15 is 0 Å². The largest absolute Gasteiger partial charge is 0.507 e. The van der Waals surface area contributed by atoms with Crippen LogP contribution in [0.4, 0.5) is 0 Å². The van der Waals surface area contributed by atoms with Gasteiger partial charge in [0.25, 0.3) is 0 Å². The summed E-state index contributed by atoms with van der Waals surface area (Å²) in [6, 6.07) is 5.43. The number of hydrogen-bond acceptors (Lipinski definition) is 2. The maximum atomic E-state index is 10.6. The number of carbonyl (C=O) groups is 1. The summed E-state index contributed by atoms with van der Waals surface area (Å²) in [5.74, 6) is 0.209. The fourth-order valence-electron chi connectivity index (χ4n) is 1.02. The number of phenolic OH excluding ortho intramolecular Hbond substituents is 1. The van der Waals surface area contributed by atoms with Crippen LogP contribution in [0.1, 0.15) is 18.1 Å². The van der Waals surface area contributed by atoms with Gasteiger partial charge < -0.3 is 5.11 Å². The van der Waals surface area contributed by atoms with Gasteiger partial charge in [0.1, 0.15) is 5.75 Å². The first kappa shape index (κ1) is 9.52. The van der Waals surface area contributed by atoms with Crippen molar-refractivity contribution in [2.75, 3.05) is 0 Å². The van der Waals surface area contributed by atoms with Gasteiger partial charge in [0.05, 0.1) is 0 Å². The molecule has 1 N–H and O–H groups in total. The average molecular weight is 176 g/mol. The third kappa shape index (κ3) is 2.44. The Morgan fingerprint density at radius 1 is 1.46 bits per heavy atom. The third-order valence-electron chi connectivity index (χ3n) is 1.77. The van der Waals surface area contributed by atoms with Crippen molar-refractivity contribution in [3.8, 4) is 5.75 Å². The van der Waals surface area contributed by atoms with E-state index in [0.29, 0.717) is 5.56 Å². The summed E-state index contributed by atoms with van der Waals surface area (Å²) in [7, 11) is 0. The maximum Gasteiger partial charge on any atom is 0.152 e. The Kier molecular flexibility index (Phi) is 2.85. The molecule has 1 rings (SSSR count). The van der Waals surface area contributed by atoms with Crippen LogP contribution >= 0.6 is 0 Å². The lowest BCUT2D eigenvalue weighted by Gasteiger charge is -2.01. The van der Waals surface area contributed by atoms with E-state index < -0.39 is 0 Å². The fraction of sp³-hybridized carbons (Fsp3) is 0.182. The number of aromatic hydroxyl groups is 1. The Hall–Kier alpha value is -1.57. The standard InChI is InChI=1S/C11H12O2/c1-8-4-3-5-10(11(8)13)7-6-9(2)12/h3-7,13H,1-2H3/b7-6+. The zero-order valence-corrected chi connectivity index (χ0v) is 7.74. The molecule has 1 aromatic rings. The molecule has 2 heteroatoms. The highest BCUT2D eigenvalue weighted by Crippen LogP contribution is 2.22. The fourth-order valence-corrected chi connectivity index (χ4v) is 1.02. The van der Waals surface area contributed by atoms with Crippen LogP contribution in [-0.2, 0) is 4.79 Å². The first-order valence-electron chi connectivity index (χ1n) is 4.08. The monoisotopic (exact) mass is 176 g/mol. The first-order chi connectivity index (χ1) is 6.11. The summed E-state index contributed by atoms with van der Waals surface area (Å²) in [5.41, 5.74) is 1.49. The summed E-state index contributed by atoms with van der Waals surface area (Å²) in [6.45, 7) is 3.30. The number of carbonyl (C=O) groups excluding carboxylic acids is 1. The molecule has 0 amide bonds. The van der Waals surface area contributed by atoms with Crippen molar-refractivity contribution in [1.82, 2.24) is 0 Å². The van der Waals surface area contributed by atoms with Crippen molar-refractivity contribution in [3.05, 3.63) is 35.4 Å². The normalized spacial score (nSPS) is 10.6. The van der Waals surface area contributed by atoms with E-state index in [2.05, 4.69) is 0 Å². The maximum absolute atomic E-state index is 10.6. The van der Waals surface area contributed by atoms with Gasteiger partial charge >= 0.3 is 0 Å². The number of aryl methyl sites for hydroxylation is 1.